The zero-order valence-corrected chi connectivity index (χ0v) is 20.5. The fourth-order valence-electron chi connectivity index (χ4n) is 3.40. The first-order valence-electron chi connectivity index (χ1n) is 10.8. The molecule has 0 spiro atoms. The van der Waals surface area contributed by atoms with Crippen LogP contribution in [0.15, 0.2) is 88.8 Å². The summed E-state index contributed by atoms with van der Waals surface area (Å²) in [6, 6.07) is 20.0. The molecule has 0 saturated heterocycles. The number of anilines is 2. The number of carbonyl (C=O) groups excluding carboxylic acids is 1. The van der Waals surface area contributed by atoms with Gasteiger partial charge in [-0.1, -0.05) is 61.0 Å². The zero-order chi connectivity index (χ0) is 24.8. The molecule has 2 aromatic carbocycles. The standard InChI is InChI=1S/C25H23ClN4O4S/c1-2-35(32,33)25-27-15-22(23(29-25)24(31)28-21-13-7-6-12-20(21)26)30(17-19-11-8-14-34-19)16-18-9-4-3-5-10-18/h3-15H,2,16-17H2,1H3,(H,28,31). The first-order chi connectivity index (χ1) is 16.9. The smallest absolute Gasteiger partial charge is 0.276 e. The number of amides is 1. The maximum absolute atomic E-state index is 13.4. The number of para-hydroxylation sites is 1. The second kappa shape index (κ2) is 10.7. The van der Waals surface area contributed by atoms with Gasteiger partial charge in [0.25, 0.3) is 5.91 Å². The van der Waals surface area contributed by atoms with Crippen molar-refractivity contribution in [3.05, 3.63) is 101 Å². The van der Waals surface area contributed by atoms with Crippen molar-refractivity contribution in [3.63, 3.8) is 0 Å². The van der Waals surface area contributed by atoms with Gasteiger partial charge in [0.1, 0.15) is 5.76 Å². The number of benzene rings is 2. The molecule has 0 fully saturated rings. The Balaban J connectivity index is 1.80. The largest absolute Gasteiger partial charge is 0.467 e. The van der Waals surface area contributed by atoms with Gasteiger partial charge in [0.05, 0.1) is 41.2 Å². The summed E-state index contributed by atoms with van der Waals surface area (Å²) in [5.41, 5.74) is 1.62. The molecule has 8 nitrogen and oxygen atoms in total. The number of halogens is 1. The number of aromatic nitrogens is 2. The maximum Gasteiger partial charge on any atom is 0.276 e. The summed E-state index contributed by atoms with van der Waals surface area (Å²) in [7, 11) is -3.75. The van der Waals surface area contributed by atoms with Gasteiger partial charge in [0, 0.05) is 6.54 Å². The van der Waals surface area contributed by atoms with Crippen LogP contribution in [0, 0.1) is 0 Å². The normalized spacial score (nSPS) is 11.3. The summed E-state index contributed by atoms with van der Waals surface area (Å²) in [6.07, 6.45) is 2.93. The van der Waals surface area contributed by atoms with Crippen LogP contribution in [0.4, 0.5) is 11.4 Å². The van der Waals surface area contributed by atoms with Gasteiger partial charge in [-0.2, -0.15) is 0 Å². The lowest BCUT2D eigenvalue weighted by atomic mass is 10.2. The third-order valence-corrected chi connectivity index (χ3v) is 7.07. The molecule has 0 aliphatic carbocycles. The highest BCUT2D eigenvalue weighted by atomic mass is 35.5. The second-order valence-corrected chi connectivity index (χ2v) is 10.2. The fraction of sp³-hybridized carbons (Fsp3) is 0.160. The number of hydrogen-bond donors (Lipinski definition) is 1. The van der Waals surface area contributed by atoms with Crippen LogP contribution in [0.1, 0.15) is 28.7 Å². The third kappa shape index (κ3) is 5.87. The lowest BCUT2D eigenvalue weighted by Crippen LogP contribution is -2.27. The Bertz CT molecular complexity index is 1410. The number of hydrogen-bond acceptors (Lipinski definition) is 7. The van der Waals surface area contributed by atoms with Crippen molar-refractivity contribution in [3.8, 4) is 0 Å². The average Bonchev–Trinajstić information content (AvgIpc) is 3.38. The molecule has 35 heavy (non-hydrogen) atoms. The van der Waals surface area contributed by atoms with E-state index < -0.39 is 20.9 Å². The van der Waals surface area contributed by atoms with Crippen molar-refractivity contribution in [2.24, 2.45) is 0 Å². The Kier molecular flexibility index (Phi) is 7.48. The lowest BCUT2D eigenvalue weighted by Gasteiger charge is -2.25. The Morgan fingerprint density at radius 3 is 2.46 bits per heavy atom. The molecular formula is C25H23ClN4O4S. The van der Waals surface area contributed by atoms with Crippen LogP contribution in [-0.4, -0.2) is 30.0 Å². The van der Waals surface area contributed by atoms with E-state index in [9.17, 15) is 13.2 Å². The minimum Gasteiger partial charge on any atom is -0.467 e. The van der Waals surface area contributed by atoms with E-state index in [1.165, 1.54) is 13.1 Å². The van der Waals surface area contributed by atoms with Gasteiger partial charge in [0.2, 0.25) is 15.0 Å². The van der Waals surface area contributed by atoms with E-state index in [-0.39, 0.29) is 11.4 Å². The summed E-state index contributed by atoms with van der Waals surface area (Å²) < 4.78 is 30.6. The molecule has 0 aliphatic rings. The summed E-state index contributed by atoms with van der Waals surface area (Å²) >= 11 is 6.22. The number of nitrogens with one attached hydrogen (secondary N) is 1. The molecule has 2 aromatic heterocycles. The van der Waals surface area contributed by atoms with Gasteiger partial charge >= 0.3 is 0 Å². The van der Waals surface area contributed by atoms with E-state index in [2.05, 4.69) is 15.3 Å². The van der Waals surface area contributed by atoms with E-state index in [1.807, 2.05) is 41.3 Å². The third-order valence-electron chi connectivity index (χ3n) is 5.23. The first kappa shape index (κ1) is 24.4. The van der Waals surface area contributed by atoms with E-state index >= 15 is 0 Å². The average molecular weight is 511 g/mol. The highest BCUT2D eigenvalue weighted by Gasteiger charge is 2.25. The SMILES string of the molecule is CCS(=O)(=O)c1ncc(N(Cc2ccccc2)Cc2ccco2)c(C(=O)Nc2ccccc2Cl)n1. The predicted octanol–water partition coefficient (Wildman–Crippen LogP) is 4.98. The molecule has 1 N–H and O–H groups in total. The van der Waals surface area contributed by atoms with Crippen molar-refractivity contribution in [1.29, 1.82) is 0 Å². The molecule has 0 unspecified atom stereocenters. The lowest BCUT2D eigenvalue weighted by molar-refractivity contribution is 0.102. The van der Waals surface area contributed by atoms with Crippen LogP contribution in [0.2, 0.25) is 5.02 Å². The molecule has 0 aliphatic heterocycles. The van der Waals surface area contributed by atoms with Crippen LogP contribution in [0.3, 0.4) is 0 Å². The minimum absolute atomic E-state index is 0.0885. The summed E-state index contributed by atoms with van der Waals surface area (Å²) in [5, 5.41) is 2.67. The van der Waals surface area contributed by atoms with Crippen molar-refractivity contribution >= 4 is 38.7 Å². The van der Waals surface area contributed by atoms with E-state index in [4.69, 9.17) is 16.0 Å². The predicted molar refractivity (Wildman–Crippen MR) is 134 cm³/mol. The van der Waals surface area contributed by atoms with Crippen LogP contribution in [0.5, 0.6) is 0 Å². The van der Waals surface area contributed by atoms with Crippen molar-refractivity contribution < 1.29 is 17.6 Å². The van der Waals surface area contributed by atoms with Gasteiger partial charge < -0.3 is 14.6 Å². The number of nitrogens with zero attached hydrogens (tertiary/aromatic N) is 3. The van der Waals surface area contributed by atoms with Crippen LogP contribution >= 0.6 is 11.6 Å². The van der Waals surface area contributed by atoms with Gasteiger partial charge in [-0.15, -0.1) is 0 Å². The van der Waals surface area contributed by atoms with E-state index in [0.29, 0.717) is 35.2 Å². The first-order valence-corrected chi connectivity index (χ1v) is 12.9. The topological polar surface area (TPSA) is 105 Å². The van der Waals surface area contributed by atoms with Crippen molar-refractivity contribution in [1.82, 2.24) is 9.97 Å². The molecule has 180 valence electrons. The maximum atomic E-state index is 13.4. The zero-order valence-electron chi connectivity index (χ0n) is 18.9. The summed E-state index contributed by atoms with van der Waals surface area (Å²) in [6.45, 7) is 2.20. The fourth-order valence-corrected chi connectivity index (χ4v) is 4.29. The molecule has 10 heteroatoms. The molecule has 2 heterocycles. The number of carbonyl (C=O) groups is 1. The Morgan fingerprint density at radius 1 is 1.03 bits per heavy atom. The molecule has 4 aromatic rings. The van der Waals surface area contributed by atoms with Gasteiger partial charge in [-0.3, -0.25) is 4.79 Å². The molecular weight excluding hydrogens is 488 g/mol. The number of sulfone groups is 1. The van der Waals surface area contributed by atoms with Crippen LogP contribution < -0.4 is 10.2 Å². The molecule has 0 saturated carbocycles. The summed E-state index contributed by atoms with van der Waals surface area (Å²) in [5.74, 6) is -0.151. The monoisotopic (exact) mass is 510 g/mol. The Morgan fingerprint density at radius 2 is 1.77 bits per heavy atom. The second-order valence-electron chi connectivity index (χ2n) is 7.64. The molecule has 1 amide bonds. The number of rotatable bonds is 9. The number of furan rings is 1. The highest BCUT2D eigenvalue weighted by molar-refractivity contribution is 7.91. The quantitative estimate of drug-likeness (QED) is 0.317. The van der Waals surface area contributed by atoms with E-state index in [1.54, 1.807) is 36.6 Å². The van der Waals surface area contributed by atoms with Crippen LogP contribution in [0.25, 0.3) is 0 Å². The highest BCUT2D eigenvalue weighted by Crippen LogP contribution is 2.27. The molecule has 0 radical (unpaired) electrons. The molecule has 0 atom stereocenters. The van der Waals surface area contributed by atoms with E-state index in [0.717, 1.165) is 5.56 Å². The van der Waals surface area contributed by atoms with Gasteiger partial charge in [-0.05, 0) is 29.8 Å². The molecule has 0 bridgehead atoms. The van der Waals surface area contributed by atoms with Crippen LogP contribution in [-0.2, 0) is 22.9 Å². The molecule has 4 rings (SSSR count). The van der Waals surface area contributed by atoms with Crippen molar-refractivity contribution in [2.75, 3.05) is 16.0 Å². The summed E-state index contributed by atoms with van der Waals surface area (Å²) in [4.78, 5) is 23.6. The van der Waals surface area contributed by atoms with Gasteiger partial charge in [0.15, 0.2) is 5.69 Å². The Labute approximate surface area is 208 Å². The minimum atomic E-state index is -3.75. The Hall–Kier alpha value is -3.69. The van der Waals surface area contributed by atoms with Gasteiger partial charge in [-0.25, -0.2) is 18.4 Å². The van der Waals surface area contributed by atoms with Crippen molar-refractivity contribution in [2.45, 2.75) is 25.2 Å².